The molecule has 0 aliphatic carbocycles. The Hall–Kier alpha value is -4.17. The Bertz CT molecular complexity index is 1410. The van der Waals surface area contributed by atoms with E-state index in [0.717, 1.165) is 24.0 Å². The third kappa shape index (κ3) is 18.9. The van der Waals surface area contributed by atoms with Gasteiger partial charge in [-0.1, -0.05) is 164 Å². The van der Waals surface area contributed by atoms with Crippen molar-refractivity contribution in [1.29, 1.82) is 0 Å². The summed E-state index contributed by atoms with van der Waals surface area (Å²) in [6, 6.07) is 22.6. The van der Waals surface area contributed by atoms with E-state index in [1.807, 2.05) is 60.7 Å². The molecule has 52 heavy (non-hydrogen) atoms. The van der Waals surface area contributed by atoms with Crippen LogP contribution in [0.3, 0.4) is 0 Å². The molecule has 0 aromatic heterocycles. The topological polar surface area (TPSA) is 100 Å². The molecule has 1 N–H and O–H groups in total. The Morgan fingerprint density at radius 1 is 0.596 bits per heavy atom. The summed E-state index contributed by atoms with van der Waals surface area (Å²) in [6.07, 6.45) is 20.7. The molecule has 8 nitrogen and oxygen atoms in total. The van der Waals surface area contributed by atoms with Crippen LogP contribution in [0.2, 0.25) is 0 Å². The van der Waals surface area contributed by atoms with Gasteiger partial charge >= 0.3 is 17.9 Å². The van der Waals surface area contributed by atoms with Crippen LogP contribution in [0.25, 0.3) is 0 Å². The number of hydrogen-bond acceptors (Lipinski definition) is 8. The summed E-state index contributed by atoms with van der Waals surface area (Å²) < 4.78 is 22.6. The van der Waals surface area contributed by atoms with E-state index in [9.17, 15) is 14.4 Å². The number of benzene rings is 3. The van der Waals surface area contributed by atoms with Crippen LogP contribution in [0.15, 0.2) is 78.9 Å². The molecule has 0 spiro atoms. The molecule has 0 amide bonds. The van der Waals surface area contributed by atoms with Gasteiger partial charge in [0.25, 0.3) is 0 Å². The molecule has 284 valence electrons. The number of carbonyl (C=O) groups is 3. The molecule has 0 fully saturated rings. The maximum atomic E-state index is 13.5. The van der Waals surface area contributed by atoms with Crippen molar-refractivity contribution in [3.63, 3.8) is 0 Å². The van der Waals surface area contributed by atoms with Gasteiger partial charge in [0, 0.05) is 13.0 Å². The van der Waals surface area contributed by atoms with Crippen LogP contribution in [-0.4, -0.2) is 31.1 Å². The van der Waals surface area contributed by atoms with E-state index in [1.54, 1.807) is 18.2 Å². The molecular formula is C44H61NO7. The van der Waals surface area contributed by atoms with Crippen molar-refractivity contribution in [2.45, 2.75) is 136 Å². The highest BCUT2D eigenvalue weighted by atomic mass is 16.5. The lowest BCUT2D eigenvalue weighted by molar-refractivity contribution is -0.148. The molecule has 0 aliphatic heterocycles. The quantitative estimate of drug-likeness (QED) is 0.0450. The van der Waals surface area contributed by atoms with Crippen molar-refractivity contribution in [2.75, 3.05) is 13.2 Å². The fourth-order valence-corrected chi connectivity index (χ4v) is 6.03. The lowest BCUT2D eigenvalue weighted by Gasteiger charge is -2.20. The summed E-state index contributed by atoms with van der Waals surface area (Å²) in [7, 11) is 0. The summed E-state index contributed by atoms with van der Waals surface area (Å²) in [4.78, 5) is 38.1. The van der Waals surface area contributed by atoms with Crippen LogP contribution < -0.4 is 14.8 Å². The average Bonchev–Trinajstić information content (AvgIpc) is 3.15. The van der Waals surface area contributed by atoms with Gasteiger partial charge in [0.1, 0.15) is 30.8 Å². The second-order valence-electron chi connectivity index (χ2n) is 13.5. The second-order valence-corrected chi connectivity index (χ2v) is 13.5. The normalized spacial score (nSPS) is 11.5. The number of carbonyl (C=O) groups excluding carboxylic acids is 3. The fraction of sp³-hybridized carbons (Fsp3) is 0.523. The maximum Gasteiger partial charge on any atom is 0.328 e. The summed E-state index contributed by atoms with van der Waals surface area (Å²) in [5.74, 6) is -0.920. The molecule has 3 aromatic rings. The average molecular weight is 716 g/mol. The molecule has 0 bridgehead atoms. The summed E-state index contributed by atoms with van der Waals surface area (Å²) in [5.41, 5.74) is 2.12. The minimum atomic E-state index is -1.05. The molecule has 8 heteroatoms. The first-order chi connectivity index (χ1) is 25.4. The first-order valence-corrected chi connectivity index (χ1v) is 19.5. The minimum absolute atomic E-state index is 0.0581. The standard InChI is InChI=1S/C44H61NO7/c1-3-4-5-6-7-8-9-10-11-12-13-14-15-16-17-24-29-49-40-30-39(31-41(32-40)52-36(2)46)43(44(48)51-35-38-27-22-19-23-28-38)45-33-42(47)50-34-37-25-20-18-21-26-37/h18-23,25-28,30-32,43,45H,3-17,24,29,33-35H2,1-2H3. The lowest BCUT2D eigenvalue weighted by atomic mass is 10.0. The van der Waals surface area contributed by atoms with Crippen LogP contribution in [-0.2, 0) is 37.1 Å². The lowest BCUT2D eigenvalue weighted by Crippen LogP contribution is -2.34. The number of esters is 3. The second kappa shape index (κ2) is 26.6. The Morgan fingerprint density at radius 2 is 1.08 bits per heavy atom. The van der Waals surface area contributed by atoms with E-state index >= 15 is 0 Å². The first-order valence-electron chi connectivity index (χ1n) is 19.5. The zero-order valence-corrected chi connectivity index (χ0v) is 31.6. The summed E-state index contributed by atoms with van der Waals surface area (Å²) in [6.45, 7) is 4.00. The predicted molar refractivity (Wildman–Crippen MR) is 206 cm³/mol. The largest absolute Gasteiger partial charge is 0.493 e. The van der Waals surface area contributed by atoms with Gasteiger partial charge in [-0.3, -0.25) is 14.9 Å². The van der Waals surface area contributed by atoms with E-state index in [1.165, 1.54) is 96.8 Å². The van der Waals surface area contributed by atoms with Crippen LogP contribution in [0, 0.1) is 0 Å². The molecule has 0 radical (unpaired) electrons. The van der Waals surface area contributed by atoms with Crippen molar-refractivity contribution in [3.05, 3.63) is 95.6 Å². The fourth-order valence-electron chi connectivity index (χ4n) is 6.03. The van der Waals surface area contributed by atoms with Gasteiger partial charge in [-0.05, 0) is 35.2 Å². The van der Waals surface area contributed by atoms with Crippen molar-refractivity contribution in [2.24, 2.45) is 0 Å². The smallest absolute Gasteiger partial charge is 0.328 e. The molecular weight excluding hydrogens is 654 g/mol. The summed E-state index contributed by atoms with van der Waals surface area (Å²) >= 11 is 0. The van der Waals surface area contributed by atoms with Crippen molar-refractivity contribution < 1.29 is 33.3 Å². The van der Waals surface area contributed by atoms with Gasteiger partial charge < -0.3 is 18.9 Å². The van der Waals surface area contributed by atoms with Crippen LogP contribution in [0.4, 0.5) is 0 Å². The number of unbranched alkanes of at least 4 members (excludes halogenated alkanes) is 15. The first kappa shape index (κ1) is 42.2. The highest BCUT2D eigenvalue weighted by Crippen LogP contribution is 2.28. The van der Waals surface area contributed by atoms with Gasteiger partial charge in [0.2, 0.25) is 0 Å². The van der Waals surface area contributed by atoms with Crippen LogP contribution in [0.5, 0.6) is 11.5 Å². The van der Waals surface area contributed by atoms with E-state index in [0.29, 0.717) is 17.9 Å². The zero-order valence-electron chi connectivity index (χ0n) is 31.6. The van der Waals surface area contributed by atoms with Crippen molar-refractivity contribution >= 4 is 17.9 Å². The molecule has 0 aliphatic rings. The molecule has 0 saturated heterocycles. The highest BCUT2D eigenvalue weighted by molar-refractivity contribution is 5.80. The predicted octanol–water partition coefficient (Wildman–Crippen LogP) is 10.4. The molecule has 3 aromatic carbocycles. The molecule has 3 rings (SSSR count). The molecule has 1 atom stereocenters. The highest BCUT2D eigenvalue weighted by Gasteiger charge is 2.25. The monoisotopic (exact) mass is 715 g/mol. The molecule has 0 heterocycles. The SMILES string of the molecule is CCCCCCCCCCCCCCCCCCOc1cc(OC(C)=O)cc(C(NCC(=O)OCc2ccccc2)C(=O)OCc2ccccc2)c1. The Labute approximate surface area is 312 Å². The zero-order chi connectivity index (χ0) is 37.1. The Kier molecular flexibility index (Phi) is 21.6. The third-order valence-corrected chi connectivity index (χ3v) is 8.92. The van der Waals surface area contributed by atoms with Gasteiger partial charge in [0.05, 0.1) is 13.2 Å². The van der Waals surface area contributed by atoms with Crippen molar-refractivity contribution in [3.8, 4) is 11.5 Å². The number of ether oxygens (including phenoxy) is 4. The summed E-state index contributed by atoms with van der Waals surface area (Å²) in [5, 5.41) is 3.00. The van der Waals surface area contributed by atoms with Crippen LogP contribution in [0.1, 0.15) is 139 Å². The van der Waals surface area contributed by atoms with Crippen molar-refractivity contribution in [1.82, 2.24) is 5.32 Å². The van der Waals surface area contributed by atoms with E-state index in [-0.39, 0.29) is 25.5 Å². The van der Waals surface area contributed by atoms with E-state index in [2.05, 4.69) is 12.2 Å². The van der Waals surface area contributed by atoms with Gasteiger partial charge in [-0.25, -0.2) is 4.79 Å². The molecule has 0 saturated carbocycles. The molecule has 1 unspecified atom stereocenters. The van der Waals surface area contributed by atoms with Gasteiger partial charge in [0.15, 0.2) is 0 Å². The Morgan fingerprint density at radius 3 is 1.60 bits per heavy atom. The number of rotatable bonds is 28. The maximum absolute atomic E-state index is 13.5. The van der Waals surface area contributed by atoms with Crippen LogP contribution >= 0.6 is 0 Å². The van der Waals surface area contributed by atoms with Gasteiger partial charge in [-0.2, -0.15) is 0 Å². The third-order valence-electron chi connectivity index (χ3n) is 8.92. The van der Waals surface area contributed by atoms with E-state index < -0.39 is 23.9 Å². The Balaban J connectivity index is 1.48. The number of hydrogen-bond donors (Lipinski definition) is 1. The minimum Gasteiger partial charge on any atom is -0.493 e. The van der Waals surface area contributed by atoms with Gasteiger partial charge in [-0.15, -0.1) is 0 Å². The number of nitrogens with one attached hydrogen (secondary N) is 1. The van der Waals surface area contributed by atoms with E-state index in [4.69, 9.17) is 18.9 Å².